The summed E-state index contributed by atoms with van der Waals surface area (Å²) in [7, 11) is 0. The molecule has 0 N–H and O–H groups in total. The largest absolute Gasteiger partial charge is 0.489 e. The highest BCUT2D eigenvalue weighted by Crippen LogP contribution is 2.44. The molecule has 0 atom stereocenters. The molecule has 0 spiro atoms. The lowest BCUT2D eigenvalue weighted by atomic mass is 10.0. The zero-order chi connectivity index (χ0) is 31.4. The van der Waals surface area contributed by atoms with Gasteiger partial charge in [-0.05, 0) is 57.6 Å². The number of benzene rings is 6. The maximum Gasteiger partial charge on any atom is 0.131 e. The first-order valence-corrected chi connectivity index (χ1v) is 16.4. The van der Waals surface area contributed by atoms with Crippen molar-refractivity contribution < 1.29 is 18.9 Å². The van der Waals surface area contributed by atoms with Crippen molar-refractivity contribution in [3.05, 3.63) is 179 Å². The van der Waals surface area contributed by atoms with Crippen LogP contribution in [-0.4, -0.2) is 0 Å². The van der Waals surface area contributed by atoms with E-state index in [0.717, 1.165) is 50.4 Å². The predicted octanol–water partition coefficient (Wildman–Crippen LogP) is 10.6. The van der Waals surface area contributed by atoms with Gasteiger partial charge < -0.3 is 18.9 Å². The summed E-state index contributed by atoms with van der Waals surface area (Å²) in [6, 6.07) is 50.8. The molecular weight excluding hydrogens is 636 g/mol. The minimum Gasteiger partial charge on any atom is -0.489 e. The van der Waals surface area contributed by atoms with Crippen LogP contribution in [0.2, 0.25) is 0 Å². The lowest BCUT2D eigenvalue weighted by Gasteiger charge is -2.20. The Labute approximate surface area is 279 Å². The molecule has 46 heavy (non-hydrogen) atoms. The molecule has 0 saturated heterocycles. The molecule has 0 aromatic heterocycles. The molecule has 6 rings (SSSR count). The average molecular weight is 672 g/mol. The van der Waals surface area contributed by atoms with E-state index in [0.29, 0.717) is 43.3 Å². The molecular formula is C41H35BrO4. The second kappa shape index (κ2) is 15.8. The smallest absolute Gasteiger partial charge is 0.131 e. The third-order valence-electron chi connectivity index (χ3n) is 7.42. The molecule has 0 aliphatic rings. The zero-order valence-electron chi connectivity index (χ0n) is 25.5. The van der Waals surface area contributed by atoms with E-state index in [9.17, 15) is 0 Å². The number of halogens is 1. The Bertz CT molecular complexity index is 1680. The summed E-state index contributed by atoms with van der Waals surface area (Å²) in [5.41, 5.74) is 7.09. The monoisotopic (exact) mass is 670 g/mol. The third-order valence-corrected chi connectivity index (χ3v) is 8.07. The van der Waals surface area contributed by atoms with E-state index in [1.165, 1.54) is 0 Å². The van der Waals surface area contributed by atoms with Crippen LogP contribution in [0, 0.1) is 0 Å². The summed E-state index contributed by atoms with van der Waals surface area (Å²) >= 11 is 3.66. The van der Waals surface area contributed by atoms with Gasteiger partial charge in [-0.15, -0.1) is 0 Å². The third kappa shape index (κ3) is 8.58. The van der Waals surface area contributed by atoms with Gasteiger partial charge in [0.15, 0.2) is 0 Å². The van der Waals surface area contributed by atoms with Crippen molar-refractivity contribution in [2.24, 2.45) is 0 Å². The lowest BCUT2D eigenvalue weighted by Crippen LogP contribution is -2.03. The Morgan fingerprint density at radius 2 is 0.717 bits per heavy atom. The molecule has 6 aromatic rings. The second-order valence-electron chi connectivity index (χ2n) is 10.9. The molecule has 5 heteroatoms. The molecule has 0 unspecified atom stereocenters. The molecule has 4 nitrogen and oxygen atoms in total. The Morgan fingerprint density at radius 1 is 0.370 bits per heavy atom. The molecule has 0 radical (unpaired) electrons. The molecule has 0 saturated carbocycles. The summed E-state index contributed by atoms with van der Waals surface area (Å²) in [4.78, 5) is 0. The molecule has 0 aliphatic carbocycles. The van der Waals surface area contributed by atoms with Gasteiger partial charge in [-0.1, -0.05) is 137 Å². The van der Waals surface area contributed by atoms with Crippen molar-refractivity contribution in [1.29, 1.82) is 0 Å². The van der Waals surface area contributed by atoms with E-state index in [1.807, 2.05) is 91.0 Å². The van der Waals surface area contributed by atoms with Crippen LogP contribution >= 0.6 is 15.9 Å². The highest BCUT2D eigenvalue weighted by Gasteiger charge is 2.19. The molecule has 0 amide bonds. The molecule has 0 fully saturated rings. The van der Waals surface area contributed by atoms with Gasteiger partial charge in [0.1, 0.15) is 49.4 Å². The van der Waals surface area contributed by atoms with Crippen molar-refractivity contribution in [2.75, 3.05) is 0 Å². The van der Waals surface area contributed by atoms with E-state index in [1.54, 1.807) is 0 Å². The van der Waals surface area contributed by atoms with E-state index in [-0.39, 0.29) is 0 Å². The number of hydrogen-bond donors (Lipinski definition) is 0. The van der Waals surface area contributed by atoms with Gasteiger partial charge in [-0.3, -0.25) is 0 Å². The SMILES string of the molecule is BrCc1cc(OCc2ccccc2)c(-c2cc(OCc3ccccc3)cc(OCc3ccccc3)c2)c(OCc2ccccc2)c1. The Hall–Kier alpha value is -5.00. The van der Waals surface area contributed by atoms with Crippen molar-refractivity contribution in [3.63, 3.8) is 0 Å². The molecule has 6 aromatic carbocycles. The van der Waals surface area contributed by atoms with Gasteiger partial charge in [0.05, 0.1) is 5.56 Å². The molecule has 0 aliphatic heterocycles. The van der Waals surface area contributed by atoms with Crippen LogP contribution in [0.3, 0.4) is 0 Å². The van der Waals surface area contributed by atoms with Gasteiger partial charge in [-0.25, -0.2) is 0 Å². The van der Waals surface area contributed by atoms with Gasteiger partial charge >= 0.3 is 0 Å². The first-order chi connectivity index (χ1) is 22.7. The Kier molecular flexibility index (Phi) is 10.7. The van der Waals surface area contributed by atoms with Crippen LogP contribution < -0.4 is 18.9 Å². The predicted molar refractivity (Wildman–Crippen MR) is 188 cm³/mol. The molecule has 230 valence electrons. The summed E-state index contributed by atoms with van der Waals surface area (Å²) in [5, 5.41) is 0.655. The lowest BCUT2D eigenvalue weighted by molar-refractivity contribution is 0.288. The summed E-state index contributed by atoms with van der Waals surface area (Å²) in [6.45, 7) is 1.69. The van der Waals surface area contributed by atoms with Crippen LogP contribution in [-0.2, 0) is 31.8 Å². The van der Waals surface area contributed by atoms with Gasteiger partial charge in [0, 0.05) is 11.4 Å². The van der Waals surface area contributed by atoms with Gasteiger partial charge in [0.2, 0.25) is 0 Å². The molecule has 0 heterocycles. The molecule has 0 bridgehead atoms. The second-order valence-corrected chi connectivity index (χ2v) is 11.5. The van der Waals surface area contributed by atoms with Crippen molar-refractivity contribution in [2.45, 2.75) is 31.8 Å². The van der Waals surface area contributed by atoms with Gasteiger partial charge in [-0.2, -0.15) is 0 Å². The van der Waals surface area contributed by atoms with E-state index >= 15 is 0 Å². The fourth-order valence-electron chi connectivity index (χ4n) is 5.07. The van der Waals surface area contributed by atoms with E-state index in [4.69, 9.17) is 18.9 Å². The number of rotatable bonds is 14. The number of ether oxygens (including phenoxy) is 4. The van der Waals surface area contributed by atoms with Crippen molar-refractivity contribution in [1.82, 2.24) is 0 Å². The Morgan fingerprint density at radius 3 is 1.07 bits per heavy atom. The quantitative estimate of drug-likeness (QED) is 0.108. The van der Waals surface area contributed by atoms with Crippen molar-refractivity contribution in [3.8, 4) is 34.1 Å². The highest BCUT2D eigenvalue weighted by atomic mass is 79.9. The summed E-state index contributed by atoms with van der Waals surface area (Å²) < 4.78 is 25.9. The van der Waals surface area contributed by atoms with Crippen molar-refractivity contribution >= 4 is 15.9 Å². The first-order valence-electron chi connectivity index (χ1n) is 15.3. The average Bonchev–Trinajstić information content (AvgIpc) is 3.12. The number of hydrogen-bond acceptors (Lipinski definition) is 4. The normalized spacial score (nSPS) is 10.7. The minimum absolute atomic E-state index is 0.416. The maximum absolute atomic E-state index is 6.57. The van der Waals surface area contributed by atoms with E-state index in [2.05, 4.69) is 76.6 Å². The van der Waals surface area contributed by atoms with Crippen LogP contribution in [0.1, 0.15) is 27.8 Å². The van der Waals surface area contributed by atoms with Crippen LogP contribution in [0.15, 0.2) is 152 Å². The maximum atomic E-state index is 6.57. The Balaban J connectivity index is 1.41. The van der Waals surface area contributed by atoms with Crippen LogP contribution in [0.25, 0.3) is 11.1 Å². The van der Waals surface area contributed by atoms with Crippen LogP contribution in [0.4, 0.5) is 0 Å². The first kappa shape index (κ1) is 31.0. The van der Waals surface area contributed by atoms with Crippen LogP contribution in [0.5, 0.6) is 23.0 Å². The fourth-order valence-corrected chi connectivity index (χ4v) is 5.39. The minimum atomic E-state index is 0.416. The topological polar surface area (TPSA) is 36.9 Å². The van der Waals surface area contributed by atoms with Gasteiger partial charge in [0.25, 0.3) is 0 Å². The fraction of sp³-hybridized carbons (Fsp3) is 0.122. The summed E-state index contributed by atoms with van der Waals surface area (Å²) in [5.74, 6) is 2.82. The number of alkyl halides is 1. The standard InChI is InChI=1S/C41H35BrO4/c42-26-35-21-39(45-29-33-17-9-3-10-18-33)41(40(22-35)46-30-34-19-11-4-12-20-34)36-23-37(43-27-31-13-5-1-6-14-31)25-38(24-36)44-28-32-15-7-2-8-16-32/h1-25H,26-30H2. The zero-order valence-corrected chi connectivity index (χ0v) is 27.1. The highest BCUT2D eigenvalue weighted by molar-refractivity contribution is 9.08. The summed E-state index contributed by atoms with van der Waals surface area (Å²) in [6.07, 6.45) is 0. The van der Waals surface area contributed by atoms with E-state index < -0.39 is 0 Å².